The second-order valence-corrected chi connectivity index (χ2v) is 5.32. The van der Waals surface area contributed by atoms with E-state index in [4.69, 9.17) is 32.7 Å². The smallest absolute Gasteiger partial charge is 0.221 e. The maximum absolute atomic E-state index is 10.9. The quantitative estimate of drug-likeness (QED) is 0.793. The molecule has 4 nitrogen and oxygen atoms in total. The fourth-order valence-corrected chi connectivity index (χ4v) is 2.07. The van der Waals surface area contributed by atoms with Gasteiger partial charge in [0.05, 0.1) is 5.02 Å². The van der Waals surface area contributed by atoms with Crippen molar-refractivity contribution in [1.82, 2.24) is 0 Å². The van der Waals surface area contributed by atoms with Crippen molar-refractivity contribution in [2.75, 3.05) is 18.5 Å². The molecule has 116 valence electrons. The molecule has 0 aliphatic carbocycles. The van der Waals surface area contributed by atoms with Crippen molar-refractivity contribution in [3.63, 3.8) is 0 Å². The normalized spacial score (nSPS) is 10.1. The van der Waals surface area contributed by atoms with Crippen LogP contribution in [0.4, 0.5) is 5.69 Å². The largest absolute Gasteiger partial charge is 0.490 e. The molecule has 0 radical (unpaired) electrons. The topological polar surface area (TPSA) is 47.6 Å². The highest BCUT2D eigenvalue weighted by Crippen LogP contribution is 2.27. The van der Waals surface area contributed by atoms with Crippen LogP contribution in [0.3, 0.4) is 0 Å². The third-order valence-electron chi connectivity index (χ3n) is 2.68. The van der Waals surface area contributed by atoms with Crippen molar-refractivity contribution in [3.05, 3.63) is 52.5 Å². The number of amides is 1. The van der Waals surface area contributed by atoms with Crippen LogP contribution in [-0.4, -0.2) is 19.1 Å². The first-order valence-corrected chi connectivity index (χ1v) is 7.38. The van der Waals surface area contributed by atoms with Crippen LogP contribution >= 0.6 is 23.2 Å². The van der Waals surface area contributed by atoms with Crippen molar-refractivity contribution in [2.24, 2.45) is 0 Å². The van der Waals surface area contributed by atoms with Crippen LogP contribution in [0.25, 0.3) is 0 Å². The number of nitrogens with one attached hydrogen (secondary N) is 1. The number of halogens is 2. The predicted octanol–water partition coefficient (Wildman–Crippen LogP) is 4.41. The lowest BCUT2D eigenvalue weighted by Crippen LogP contribution is -2.09. The highest BCUT2D eigenvalue weighted by Gasteiger charge is 2.03. The molecular weight excluding hydrogens is 325 g/mol. The summed E-state index contributed by atoms with van der Waals surface area (Å²) in [6, 6.07) is 12.1. The lowest BCUT2D eigenvalue weighted by atomic mass is 10.3. The summed E-state index contributed by atoms with van der Waals surface area (Å²) in [5.74, 6) is 1.11. The zero-order valence-electron chi connectivity index (χ0n) is 11.9. The fraction of sp³-hybridized carbons (Fsp3) is 0.188. The van der Waals surface area contributed by atoms with E-state index >= 15 is 0 Å². The molecule has 0 saturated heterocycles. The molecule has 0 bridgehead atoms. The molecule has 6 heteroatoms. The Morgan fingerprint density at radius 1 is 1.05 bits per heavy atom. The summed E-state index contributed by atoms with van der Waals surface area (Å²) < 4.78 is 11.1. The van der Waals surface area contributed by atoms with Gasteiger partial charge in [-0.1, -0.05) is 23.2 Å². The third-order valence-corrected chi connectivity index (χ3v) is 3.22. The van der Waals surface area contributed by atoms with Gasteiger partial charge in [0.15, 0.2) is 0 Å². The standard InChI is InChI=1S/C16H15Cl2NO3/c1-11(20)19-13-3-5-14(6-4-13)21-8-9-22-16-10-12(17)2-7-15(16)18/h2-7,10H,8-9H2,1H3,(H,19,20). The summed E-state index contributed by atoms with van der Waals surface area (Å²) in [7, 11) is 0. The highest BCUT2D eigenvalue weighted by molar-refractivity contribution is 6.34. The van der Waals surface area contributed by atoms with E-state index in [1.807, 2.05) is 0 Å². The lowest BCUT2D eigenvalue weighted by molar-refractivity contribution is -0.114. The predicted molar refractivity (Wildman–Crippen MR) is 88.2 cm³/mol. The Hall–Kier alpha value is -1.91. The summed E-state index contributed by atoms with van der Waals surface area (Å²) in [6.07, 6.45) is 0. The van der Waals surface area contributed by atoms with E-state index in [1.54, 1.807) is 42.5 Å². The van der Waals surface area contributed by atoms with Crippen LogP contribution in [-0.2, 0) is 4.79 Å². The Labute approximate surface area is 138 Å². The highest BCUT2D eigenvalue weighted by atomic mass is 35.5. The Balaban J connectivity index is 1.79. The number of carbonyl (C=O) groups is 1. The van der Waals surface area contributed by atoms with Crippen molar-refractivity contribution in [2.45, 2.75) is 6.92 Å². The number of rotatable bonds is 6. The van der Waals surface area contributed by atoms with E-state index in [0.717, 1.165) is 5.69 Å². The number of anilines is 1. The summed E-state index contributed by atoms with van der Waals surface area (Å²) in [6.45, 7) is 2.17. The van der Waals surface area contributed by atoms with E-state index in [1.165, 1.54) is 6.92 Å². The molecule has 22 heavy (non-hydrogen) atoms. The summed E-state index contributed by atoms with van der Waals surface area (Å²) >= 11 is 11.9. The molecule has 2 aromatic rings. The lowest BCUT2D eigenvalue weighted by Gasteiger charge is -2.10. The van der Waals surface area contributed by atoms with Crippen LogP contribution in [0.15, 0.2) is 42.5 Å². The SMILES string of the molecule is CC(=O)Nc1ccc(OCCOc2cc(Cl)ccc2Cl)cc1. The van der Waals surface area contributed by atoms with Crippen molar-refractivity contribution in [1.29, 1.82) is 0 Å². The first-order valence-electron chi connectivity index (χ1n) is 6.63. The van der Waals surface area contributed by atoms with E-state index in [9.17, 15) is 4.79 Å². The summed E-state index contributed by atoms with van der Waals surface area (Å²) in [5.41, 5.74) is 0.724. The molecule has 0 saturated carbocycles. The Bertz CT molecular complexity index is 644. The van der Waals surface area contributed by atoms with Gasteiger partial charge in [-0.05, 0) is 36.4 Å². The molecule has 2 aromatic carbocycles. The molecule has 1 N–H and O–H groups in total. The van der Waals surface area contributed by atoms with Gasteiger partial charge in [-0.25, -0.2) is 0 Å². The van der Waals surface area contributed by atoms with Crippen LogP contribution in [0, 0.1) is 0 Å². The average molecular weight is 340 g/mol. The summed E-state index contributed by atoms with van der Waals surface area (Å²) in [5, 5.41) is 3.75. The monoisotopic (exact) mass is 339 g/mol. The van der Waals surface area contributed by atoms with Crippen LogP contribution < -0.4 is 14.8 Å². The maximum Gasteiger partial charge on any atom is 0.221 e. The Kier molecular flexibility index (Phi) is 5.92. The van der Waals surface area contributed by atoms with Crippen LogP contribution in [0.1, 0.15) is 6.92 Å². The first kappa shape index (κ1) is 16.5. The van der Waals surface area contributed by atoms with Gasteiger partial charge in [-0.2, -0.15) is 0 Å². The molecule has 0 spiro atoms. The van der Waals surface area contributed by atoms with Gasteiger partial charge in [0, 0.05) is 23.7 Å². The number of ether oxygens (including phenoxy) is 2. The third kappa shape index (κ3) is 5.13. The van der Waals surface area contributed by atoms with E-state index in [0.29, 0.717) is 34.8 Å². The van der Waals surface area contributed by atoms with Gasteiger partial charge in [-0.3, -0.25) is 4.79 Å². The molecular formula is C16H15Cl2NO3. The molecule has 0 unspecified atom stereocenters. The minimum absolute atomic E-state index is 0.111. The van der Waals surface area contributed by atoms with Gasteiger partial charge in [0.25, 0.3) is 0 Å². The average Bonchev–Trinajstić information content (AvgIpc) is 2.48. The van der Waals surface area contributed by atoms with Gasteiger partial charge in [0.1, 0.15) is 24.7 Å². The zero-order chi connectivity index (χ0) is 15.9. The Morgan fingerprint density at radius 3 is 2.41 bits per heavy atom. The second-order valence-electron chi connectivity index (χ2n) is 4.48. The molecule has 0 aliphatic rings. The minimum Gasteiger partial charge on any atom is -0.490 e. The second kappa shape index (κ2) is 7.92. The number of carbonyl (C=O) groups excluding carboxylic acids is 1. The van der Waals surface area contributed by atoms with E-state index < -0.39 is 0 Å². The molecule has 0 aromatic heterocycles. The van der Waals surface area contributed by atoms with Crippen molar-refractivity contribution in [3.8, 4) is 11.5 Å². The fourth-order valence-electron chi connectivity index (χ4n) is 1.74. The minimum atomic E-state index is -0.111. The number of hydrogen-bond donors (Lipinski definition) is 1. The first-order chi connectivity index (χ1) is 10.5. The van der Waals surface area contributed by atoms with E-state index in [-0.39, 0.29) is 5.91 Å². The van der Waals surface area contributed by atoms with Gasteiger partial charge in [0.2, 0.25) is 5.91 Å². The van der Waals surface area contributed by atoms with Gasteiger partial charge in [-0.15, -0.1) is 0 Å². The Morgan fingerprint density at radius 2 is 1.73 bits per heavy atom. The van der Waals surface area contributed by atoms with Gasteiger partial charge < -0.3 is 14.8 Å². The van der Waals surface area contributed by atoms with Gasteiger partial charge >= 0.3 is 0 Å². The molecule has 2 rings (SSSR count). The van der Waals surface area contributed by atoms with Crippen LogP contribution in [0.5, 0.6) is 11.5 Å². The van der Waals surface area contributed by atoms with Crippen molar-refractivity contribution < 1.29 is 14.3 Å². The van der Waals surface area contributed by atoms with Crippen LogP contribution in [0.2, 0.25) is 10.0 Å². The maximum atomic E-state index is 10.9. The summed E-state index contributed by atoms with van der Waals surface area (Å²) in [4.78, 5) is 10.9. The molecule has 1 amide bonds. The number of benzene rings is 2. The zero-order valence-corrected chi connectivity index (χ0v) is 13.4. The molecule has 0 heterocycles. The molecule has 0 fully saturated rings. The van der Waals surface area contributed by atoms with E-state index in [2.05, 4.69) is 5.32 Å². The molecule has 0 aliphatic heterocycles. The number of hydrogen-bond acceptors (Lipinski definition) is 3. The molecule has 0 atom stereocenters. The van der Waals surface area contributed by atoms with Crippen molar-refractivity contribution >= 4 is 34.8 Å².